The van der Waals surface area contributed by atoms with Gasteiger partial charge in [0.1, 0.15) is 6.04 Å². The Bertz CT molecular complexity index is 374. The molecule has 88 valence electrons. The van der Waals surface area contributed by atoms with Crippen LogP contribution in [0.2, 0.25) is 0 Å². The monoisotopic (exact) mass is 221 g/mol. The van der Waals surface area contributed by atoms with Crippen molar-refractivity contribution in [2.75, 3.05) is 6.61 Å². The second-order valence-corrected chi connectivity index (χ2v) is 3.98. The van der Waals surface area contributed by atoms with Gasteiger partial charge in [-0.2, -0.15) is 0 Å². The van der Waals surface area contributed by atoms with Crippen LogP contribution in [0.4, 0.5) is 0 Å². The Kier molecular flexibility index (Phi) is 4.50. The summed E-state index contributed by atoms with van der Waals surface area (Å²) >= 11 is 0. The Labute approximate surface area is 96.6 Å². The maximum Gasteiger partial charge on any atom is 0.323 e. The highest BCUT2D eigenvalue weighted by Crippen LogP contribution is 2.11. The van der Waals surface area contributed by atoms with Crippen LogP contribution in [0.25, 0.3) is 0 Å². The van der Waals surface area contributed by atoms with E-state index < -0.39 is 6.04 Å². The fourth-order valence-electron chi connectivity index (χ4n) is 1.52. The van der Waals surface area contributed by atoms with Crippen LogP contribution in [0.3, 0.4) is 0 Å². The quantitative estimate of drug-likeness (QED) is 0.788. The predicted octanol–water partition coefficient (Wildman–Crippen LogP) is 1.74. The highest BCUT2D eigenvalue weighted by atomic mass is 16.5. The average Bonchev–Trinajstić information content (AvgIpc) is 2.24. The molecule has 0 aliphatic carbocycles. The highest BCUT2D eigenvalue weighted by Gasteiger charge is 2.14. The van der Waals surface area contributed by atoms with Crippen molar-refractivity contribution >= 4 is 5.97 Å². The Balaban J connectivity index is 2.66. The summed E-state index contributed by atoms with van der Waals surface area (Å²) in [5.41, 5.74) is 9.28. The molecule has 1 rings (SSSR count). The number of rotatable bonds is 4. The van der Waals surface area contributed by atoms with Crippen molar-refractivity contribution in [3.63, 3.8) is 0 Å². The molecule has 1 aromatic rings. The number of ether oxygens (including phenoxy) is 1. The summed E-state index contributed by atoms with van der Waals surface area (Å²) in [7, 11) is 0. The molecule has 16 heavy (non-hydrogen) atoms. The minimum atomic E-state index is -0.568. The molecule has 0 aromatic heterocycles. The highest BCUT2D eigenvalue weighted by molar-refractivity contribution is 5.75. The number of aryl methyl sites for hydroxylation is 2. The Morgan fingerprint density at radius 1 is 1.38 bits per heavy atom. The Morgan fingerprint density at radius 3 is 2.62 bits per heavy atom. The molecular weight excluding hydrogens is 202 g/mol. The number of hydrogen-bond acceptors (Lipinski definition) is 3. The summed E-state index contributed by atoms with van der Waals surface area (Å²) in [6.07, 6.45) is 0.528. The molecular formula is C13H19NO2. The van der Waals surface area contributed by atoms with Gasteiger partial charge in [-0.15, -0.1) is 0 Å². The van der Waals surface area contributed by atoms with Crippen LogP contribution < -0.4 is 5.73 Å². The average molecular weight is 221 g/mol. The molecule has 3 heteroatoms. The number of nitrogens with two attached hydrogens (primary N) is 1. The molecule has 0 unspecified atom stereocenters. The van der Waals surface area contributed by atoms with E-state index in [1.807, 2.05) is 12.1 Å². The minimum Gasteiger partial charge on any atom is -0.465 e. The van der Waals surface area contributed by atoms with E-state index in [1.165, 1.54) is 11.1 Å². The fraction of sp³-hybridized carbons (Fsp3) is 0.462. The maximum absolute atomic E-state index is 11.4. The van der Waals surface area contributed by atoms with Crippen LogP contribution in [0.5, 0.6) is 0 Å². The lowest BCUT2D eigenvalue weighted by Crippen LogP contribution is -2.34. The van der Waals surface area contributed by atoms with Gasteiger partial charge >= 0.3 is 5.97 Å². The lowest BCUT2D eigenvalue weighted by Gasteiger charge is -2.11. The summed E-state index contributed by atoms with van der Waals surface area (Å²) in [5, 5.41) is 0. The zero-order valence-corrected chi connectivity index (χ0v) is 10.1. The first kappa shape index (κ1) is 12.7. The first-order chi connectivity index (χ1) is 7.54. The normalized spacial score (nSPS) is 12.2. The molecule has 2 N–H and O–H groups in total. The van der Waals surface area contributed by atoms with Crippen molar-refractivity contribution in [1.82, 2.24) is 0 Å². The third-order valence-corrected chi connectivity index (χ3v) is 2.62. The van der Waals surface area contributed by atoms with E-state index in [-0.39, 0.29) is 5.97 Å². The summed E-state index contributed by atoms with van der Waals surface area (Å²) in [5.74, 6) is -0.333. The van der Waals surface area contributed by atoms with Crippen LogP contribution in [-0.4, -0.2) is 18.6 Å². The first-order valence-corrected chi connectivity index (χ1v) is 5.53. The first-order valence-electron chi connectivity index (χ1n) is 5.53. The predicted molar refractivity (Wildman–Crippen MR) is 64.2 cm³/mol. The van der Waals surface area contributed by atoms with Gasteiger partial charge in [-0.1, -0.05) is 18.2 Å². The summed E-state index contributed by atoms with van der Waals surface area (Å²) in [6, 6.07) is 5.54. The fourth-order valence-corrected chi connectivity index (χ4v) is 1.52. The van der Waals surface area contributed by atoms with Crippen LogP contribution in [-0.2, 0) is 16.0 Å². The van der Waals surface area contributed by atoms with E-state index in [1.54, 1.807) is 6.92 Å². The SMILES string of the molecule is CCOC(=O)[C@@H](N)Cc1ccc(C)c(C)c1. The van der Waals surface area contributed by atoms with Crippen molar-refractivity contribution < 1.29 is 9.53 Å². The van der Waals surface area contributed by atoms with Gasteiger partial charge in [0, 0.05) is 0 Å². The molecule has 0 radical (unpaired) electrons. The number of carbonyl (C=O) groups is 1. The standard InChI is InChI=1S/C13H19NO2/c1-4-16-13(15)12(14)8-11-6-5-9(2)10(3)7-11/h5-7,12H,4,8,14H2,1-3H3/t12-/m0/s1. The number of hydrogen-bond donors (Lipinski definition) is 1. The van der Waals surface area contributed by atoms with Gasteiger partial charge in [-0.3, -0.25) is 4.79 Å². The van der Waals surface area contributed by atoms with Gasteiger partial charge in [0.05, 0.1) is 6.61 Å². The van der Waals surface area contributed by atoms with Crippen molar-refractivity contribution in [1.29, 1.82) is 0 Å². The molecule has 0 spiro atoms. The largest absolute Gasteiger partial charge is 0.465 e. The lowest BCUT2D eigenvalue weighted by atomic mass is 10.0. The zero-order valence-electron chi connectivity index (χ0n) is 10.1. The molecule has 3 nitrogen and oxygen atoms in total. The van der Waals surface area contributed by atoms with Crippen LogP contribution in [0.1, 0.15) is 23.6 Å². The summed E-state index contributed by atoms with van der Waals surface area (Å²) < 4.78 is 4.87. The maximum atomic E-state index is 11.4. The second-order valence-electron chi connectivity index (χ2n) is 3.98. The van der Waals surface area contributed by atoms with E-state index in [2.05, 4.69) is 19.9 Å². The van der Waals surface area contributed by atoms with Crippen molar-refractivity contribution in [2.45, 2.75) is 33.2 Å². The Hall–Kier alpha value is -1.35. The van der Waals surface area contributed by atoms with Crippen LogP contribution >= 0.6 is 0 Å². The molecule has 0 aliphatic rings. The molecule has 0 aliphatic heterocycles. The summed E-state index contributed by atoms with van der Waals surface area (Å²) in [6.45, 7) is 6.26. The van der Waals surface area contributed by atoms with Crippen molar-refractivity contribution in [3.8, 4) is 0 Å². The second kappa shape index (κ2) is 5.66. The molecule has 0 bridgehead atoms. The van der Waals surface area contributed by atoms with E-state index in [0.717, 1.165) is 5.56 Å². The number of benzene rings is 1. The smallest absolute Gasteiger partial charge is 0.323 e. The van der Waals surface area contributed by atoms with Crippen molar-refractivity contribution in [3.05, 3.63) is 34.9 Å². The van der Waals surface area contributed by atoms with Gasteiger partial charge in [0.2, 0.25) is 0 Å². The zero-order chi connectivity index (χ0) is 12.1. The van der Waals surface area contributed by atoms with Crippen LogP contribution in [0, 0.1) is 13.8 Å². The molecule has 0 heterocycles. The van der Waals surface area contributed by atoms with Gasteiger partial charge in [0.15, 0.2) is 0 Å². The van der Waals surface area contributed by atoms with E-state index >= 15 is 0 Å². The minimum absolute atomic E-state index is 0.333. The van der Waals surface area contributed by atoms with Crippen molar-refractivity contribution in [2.24, 2.45) is 5.73 Å². The molecule has 0 amide bonds. The molecule has 0 saturated heterocycles. The van der Waals surface area contributed by atoms with Crippen LogP contribution in [0.15, 0.2) is 18.2 Å². The van der Waals surface area contributed by atoms with Gasteiger partial charge in [-0.25, -0.2) is 0 Å². The molecule has 1 atom stereocenters. The van der Waals surface area contributed by atoms with Gasteiger partial charge in [0.25, 0.3) is 0 Å². The molecule has 0 saturated carbocycles. The lowest BCUT2D eigenvalue weighted by molar-refractivity contribution is -0.144. The third kappa shape index (κ3) is 3.35. The van der Waals surface area contributed by atoms with E-state index in [0.29, 0.717) is 13.0 Å². The number of esters is 1. The third-order valence-electron chi connectivity index (χ3n) is 2.62. The van der Waals surface area contributed by atoms with E-state index in [4.69, 9.17) is 10.5 Å². The van der Waals surface area contributed by atoms with E-state index in [9.17, 15) is 4.79 Å². The van der Waals surface area contributed by atoms with Gasteiger partial charge < -0.3 is 10.5 Å². The Morgan fingerprint density at radius 2 is 2.06 bits per heavy atom. The van der Waals surface area contributed by atoms with Gasteiger partial charge in [-0.05, 0) is 43.9 Å². The summed E-state index contributed by atoms with van der Waals surface area (Å²) in [4.78, 5) is 11.4. The topological polar surface area (TPSA) is 52.3 Å². The molecule has 1 aromatic carbocycles. The molecule has 0 fully saturated rings. The number of carbonyl (C=O) groups excluding carboxylic acids is 1.